The van der Waals surface area contributed by atoms with Crippen LogP contribution in [0.3, 0.4) is 0 Å². The Morgan fingerprint density at radius 3 is 1.20 bits per heavy atom. The van der Waals surface area contributed by atoms with Crippen LogP contribution in [0.15, 0.2) is 0 Å². The SMILES string of the molecule is BrC(COCC(Br)C(Br)(Br)Br)C(Br)(Br)Br. The normalized spacial score (nSPS) is 17.6. The van der Waals surface area contributed by atoms with E-state index in [1.165, 1.54) is 0 Å². The van der Waals surface area contributed by atoms with Crippen molar-refractivity contribution in [3.63, 3.8) is 0 Å². The molecule has 0 aliphatic heterocycles. The molecule has 0 fully saturated rings. The van der Waals surface area contributed by atoms with Gasteiger partial charge in [0.25, 0.3) is 0 Å². The lowest BCUT2D eigenvalue weighted by Gasteiger charge is -2.23. The van der Waals surface area contributed by atoms with Gasteiger partial charge in [-0.3, -0.25) is 0 Å². The molecule has 0 saturated carbocycles. The number of ether oxygens (including phenoxy) is 1. The summed E-state index contributed by atoms with van der Waals surface area (Å²) in [7, 11) is 0. The molecule has 0 aliphatic rings. The quantitative estimate of drug-likeness (QED) is 0.313. The van der Waals surface area contributed by atoms with Gasteiger partial charge in [0.15, 0.2) is 0 Å². The predicted molar refractivity (Wildman–Crippen MR) is 95.3 cm³/mol. The summed E-state index contributed by atoms with van der Waals surface area (Å²) in [5.41, 5.74) is 0. The van der Waals surface area contributed by atoms with E-state index in [2.05, 4.69) is 127 Å². The molecule has 0 heterocycles. The molecule has 0 N–H and O–H groups in total. The van der Waals surface area contributed by atoms with Crippen molar-refractivity contribution >= 4 is 127 Å². The molecule has 0 aliphatic carbocycles. The molecule has 1 nitrogen and oxygen atoms in total. The zero-order valence-electron chi connectivity index (χ0n) is 7.00. The number of halogens is 8. The van der Waals surface area contributed by atoms with E-state index in [-0.39, 0.29) is 13.9 Å². The van der Waals surface area contributed by atoms with Gasteiger partial charge < -0.3 is 4.74 Å². The van der Waals surface area contributed by atoms with Gasteiger partial charge in [-0.1, -0.05) is 127 Å². The van der Waals surface area contributed by atoms with Crippen molar-refractivity contribution in [2.24, 2.45) is 0 Å². The van der Waals surface area contributed by atoms with Crippen LogP contribution in [0.25, 0.3) is 0 Å². The first-order valence-electron chi connectivity index (χ1n) is 3.54. The molecule has 0 spiro atoms. The molecule has 15 heavy (non-hydrogen) atoms. The maximum atomic E-state index is 5.54. The van der Waals surface area contributed by atoms with Crippen LogP contribution in [-0.2, 0) is 4.74 Å². The summed E-state index contributed by atoms with van der Waals surface area (Å²) in [6, 6.07) is 0. The zero-order chi connectivity index (χ0) is 12.3. The smallest absolute Gasteiger partial charge is 0.149 e. The molecular formula is C6H6Br8O. The summed E-state index contributed by atoms with van der Waals surface area (Å²) in [6.45, 7) is 1.12. The molecule has 9 heteroatoms. The average molecular weight is 733 g/mol. The lowest BCUT2D eigenvalue weighted by molar-refractivity contribution is 0.142. The van der Waals surface area contributed by atoms with Crippen molar-refractivity contribution in [3.8, 4) is 0 Å². The minimum atomic E-state index is -0.344. The molecule has 0 saturated heterocycles. The van der Waals surface area contributed by atoms with Crippen molar-refractivity contribution in [2.45, 2.75) is 13.9 Å². The minimum Gasteiger partial charge on any atom is -0.379 e. The standard InChI is InChI=1S/C6H6Br8O/c7-3(5(9,10)11)1-15-2-4(8)6(12,13)14/h3-4H,1-2H2. The maximum Gasteiger partial charge on any atom is 0.149 e. The van der Waals surface area contributed by atoms with E-state index in [9.17, 15) is 0 Å². The molecular weight excluding hydrogens is 727 g/mol. The zero-order valence-corrected chi connectivity index (χ0v) is 19.7. The Hall–Kier alpha value is 3.80. The molecule has 2 atom stereocenters. The van der Waals surface area contributed by atoms with E-state index >= 15 is 0 Å². The monoisotopic (exact) mass is 725 g/mol. The summed E-state index contributed by atoms with van der Waals surface area (Å²) in [5.74, 6) is 0. The second-order valence-corrected chi connectivity index (χ2v) is 18.7. The summed E-state index contributed by atoms with van der Waals surface area (Å²) < 4.78 is 4.85. The van der Waals surface area contributed by atoms with Crippen molar-refractivity contribution in [1.29, 1.82) is 0 Å². The fraction of sp³-hybridized carbons (Fsp3) is 1.00. The highest BCUT2D eigenvalue weighted by Gasteiger charge is 2.31. The van der Waals surface area contributed by atoms with Crippen LogP contribution in [0.4, 0.5) is 0 Å². The Bertz CT molecular complexity index is 165. The molecule has 0 radical (unpaired) electrons. The third-order valence-corrected chi connectivity index (χ3v) is 10.1. The van der Waals surface area contributed by atoms with Gasteiger partial charge in [0.05, 0.1) is 22.9 Å². The van der Waals surface area contributed by atoms with Gasteiger partial charge in [0.1, 0.15) is 4.29 Å². The van der Waals surface area contributed by atoms with Gasteiger partial charge in [0.2, 0.25) is 0 Å². The molecule has 0 aromatic heterocycles. The minimum absolute atomic E-state index is 0.111. The number of rotatable bonds is 4. The first-order chi connectivity index (χ1) is 6.55. The molecule has 0 amide bonds. The summed E-state index contributed by atoms with van der Waals surface area (Å²) in [6.07, 6.45) is 0. The third kappa shape index (κ3) is 9.35. The first kappa shape index (κ1) is 18.8. The molecule has 0 bridgehead atoms. The van der Waals surface area contributed by atoms with Crippen LogP contribution >= 0.6 is 127 Å². The van der Waals surface area contributed by atoms with Crippen LogP contribution in [0.1, 0.15) is 0 Å². The molecule has 0 aromatic carbocycles. The van der Waals surface area contributed by atoms with Crippen LogP contribution < -0.4 is 0 Å². The third-order valence-electron chi connectivity index (χ3n) is 1.24. The summed E-state index contributed by atoms with van der Waals surface area (Å²) in [4.78, 5) is 0.222. The van der Waals surface area contributed by atoms with Gasteiger partial charge in [-0.05, 0) is 0 Å². The van der Waals surface area contributed by atoms with Crippen LogP contribution in [-0.4, -0.2) is 27.2 Å². The van der Waals surface area contributed by atoms with Gasteiger partial charge in [-0.2, -0.15) is 0 Å². The van der Waals surface area contributed by atoms with Crippen molar-refractivity contribution in [2.75, 3.05) is 13.2 Å². The maximum absolute atomic E-state index is 5.54. The van der Waals surface area contributed by atoms with E-state index < -0.39 is 0 Å². The number of hydrogen-bond donors (Lipinski definition) is 0. The van der Waals surface area contributed by atoms with Crippen LogP contribution in [0.2, 0.25) is 0 Å². The predicted octanol–water partition coefficient (Wildman–Crippen LogP) is 6.21. The second kappa shape index (κ2) is 8.17. The molecule has 92 valence electrons. The Kier molecular flexibility index (Phi) is 10.2. The number of hydrogen-bond acceptors (Lipinski definition) is 1. The molecule has 0 rings (SSSR count). The van der Waals surface area contributed by atoms with Crippen molar-refractivity contribution < 1.29 is 4.74 Å². The average Bonchev–Trinajstić information content (AvgIpc) is 2.00. The lowest BCUT2D eigenvalue weighted by Crippen LogP contribution is -2.28. The second-order valence-electron chi connectivity index (χ2n) is 2.56. The van der Waals surface area contributed by atoms with Crippen molar-refractivity contribution in [1.82, 2.24) is 0 Å². The fourth-order valence-corrected chi connectivity index (χ4v) is 1.63. The highest BCUT2D eigenvalue weighted by atomic mass is 80.0. The van der Waals surface area contributed by atoms with E-state index in [1.807, 2.05) is 0 Å². The Balaban J connectivity index is 3.81. The van der Waals surface area contributed by atoms with Crippen LogP contribution in [0, 0.1) is 0 Å². The van der Waals surface area contributed by atoms with Crippen LogP contribution in [0.5, 0.6) is 0 Å². The Morgan fingerprint density at radius 2 is 1.00 bits per heavy atom. The largest absolute Gasteiger partial charge is 0.379 e. The summed E-state index contributed by atoms with van der Waals surface area (Å²) >= 11 is 27.5. The van der Waals surface area contributed by atoms with E-state index in [0.717, 1.165) is 0 Å². The molecule has 0 aromatic rings. The Labute approximate surface area is 157 Å². The van der Waals surface area contributed by atoms with E-state index in [0.29, 0.717) is 13.2 Å². The van der Waals surface area contributed by atoms with Gasteiger partial charge in [0, 0.05) is 0 Å². The first-order valence-corrected chi connectivity index (χ1v) is 10.1. The molecule has 2 unspecified atom stereocenters. The number of alkyl halides is 8. The summed E-state index contributed by atoms with van der Waals surface area (Å²) in [5, 5.41) is 0. The Morgan fingerprint density at radius 1 is 0.733 bits per heavy atom. The van der Waals surface area contributed by atoms with Gasteiger partial charge in [-0.25, -0.2) is 0 Å². The van der Waals surface area contributed by atoms with Crippen molar-refractivity contribution in [3.05, 3.63) is 0 Å². The highest BCUT2D eigenvalue weighted by Crippen LogP contribution is 2.42. The fourth-order valence-electron chi connectivity index (χ4n) is 0.464. The topological polar surface area (TPSA) is 9.23 Å². The van der Waals surface area contributed by atoms with E-state index in [1.54, 1.807) is 0 Å². The van der Waals surface area contributed by atoms with Gasteiger partial charge in [-0.15, -0.1) is 0 Å². The van der Waals surface area contributed by atoms with E-state index in [4.69, 9.17) is 4.74 Å². The van der Waals surface area contributed by atoms with Gasteiger partial charge >= 0.3 is 0 Å². The lowest BCUT2D eigenvalue weighted by atomic mass is 10.5. The highest BCUT2D eigenvalue weighted by molar-refractivity contribution is 9.40.